The van der Waals surface area contributed by atoms with E-state index in [1.54, 1.807) is 10.9 Å². The van der Waals surface area contributed by atoms with Crippen LogP contribution < -0.4 is 15.4 Å². The van der Waals surface area contributed by atoms with Crippen molar-refractivity contribution in [3.8, 4) is 11.3 Å². The molecule has 0 fully saturated rings. The first-order chi connectivity index (χ1) is 16.9. The summed E-state index contributed by atoms with van der Waals surface area (Å²) < 4.78 is 47.5. The van der Waals surface area contributed by atoms with Crippen molar-refractivity contribution in [3.63, 3.8) is 0 Å². The molecule has 0 unspecified atom stereocenters. The van der Waals surface area contributed by atoms with Gasteiger partial charge in [-0.3, -0.25) is 14.2 Å². The molecule has 0 saturated heterocycles. The number of nitrogens with one attached hydrogen (secondary N) is 3. The quantitative estimate of drug-likeness (QED) is 0.416. The van der Waals surface area contributed by atoms with E-state index >= 15 is 4.39 Å². The Morgan fingerprint density at radius 2 is 2.03 bits per heavy atom. The number of aliphatic imine (C=N–C) groups is 1. The highest BCUT2D eigenvalue weighted by Gasteiger charge is 2.24. The van der Waals surface area contributed by atoms with E-state index in [9.17, 15) is 13.2 Å². The number of methoxy groups -OCH3 is 1. The summed E-state index contributed by atoms with van der Waals surface area (Å²) in [6, 6.07) is 2.59. The van der Waals surface area contributed by atoms with Crippen molar-refractivity contribution in [2.75, 3.05) is 31.2 Å². The Hall–Kier alpha value is -3.12. The minimum atomic E-state index is -3.74. The van der Waals surface area contributed by atoms with Gasteiger partial charge in [-0.2, -0.15) is 5.10 Å². The van der Waals surface area contributed by atoms with Crippen LogP contribution in [0.5, 0.6) is 0 Å². The summed E-state index contributed by atoms with van der Waals surface area (Å²) in [5.41, 5.74) is 1.31. The number of ether oxygens (including phenoxy) is 1. The lowest BCUT2D eigenvalue weighted by atomic mass is 10.0. The van der Waals surface area contributed by atoms with Crippen LogP contribution in [0.3, 0.4) is 0 Å². The fraction of sp³-hybridized carbons (Fsp3) is 0.435. The Morgan fingerprint density at radius 1 is 1.31 bits per heavy atom. The van der Waals surface area contributed by atoms with Crippen LogP contribution in [0, 0.1) is 11.7 Å². The van der Waals surface area contributed by atoms with Gasteiger partial charge in [0.2, 0.25) is 10.0 Å². The Morgan fingerprint density at radius 3 is 2.67 bits per heavy atom. The van der Waals surface area contributed by atoms with E-state index in [-0.39, 0.29) is 40.6 Å². The van der Waals surface area contributed by atoms with Gasteiger partial charge in [-0.1, -0.05) is 18.5 Å². The summed E-state index contributed by atoms with van der Waals surface area (Å²) in [5, 5.41) is 11.1. The summed E-state index contributed by atoms with van der Waals surface area (Å²) in [7, 11) is -2.38. The van der Waals surface area contributed by atoms with Crippen molar-refractivity contribution in [1.29, 1.82) is 0 Å². The molecule has 1 aliphatic rings. The summed E-state index contributed by atoms with van der Waals surface area (Å²) in [6.45, 7) is 6.63. The molecule has 36 heavy (non-hydrogen) atoms. The summed E-state index contributed by atoms with van der Waals surface area (Å²) in [4.78, 5) is 15.9. The van der Waals surface area contributed by atoms with Crippen LogP contribution in [0.15, 0.2) is 29.4 Å². The Balaban J connectivity index is 1.93. The van der Waals surface area contributed by atoms with Gasteiger partial charge in [0.25, 0.3) is 0 Å². The first-order valence-corrected chi connectivity index (χ1v) is 13.5. The highest BCUT2D eigenvalue weighted by Crippen LogP contribution is 2.35. The number of hydrogen-bond acceptors (Lipinski definition) is 8. The first kappa shape index (κ1) is 27.5. The van der Waals surface area contributed by atoms with Crippen molar-refractivity contribution < 1.29 is 22.3 Å². The number of guanidine groups is 1. The fourth-order valence-electron chi connectivity index (χ4n) is 3.52. The molecule has 0 saturated carbocycles. The number of hydrogen-bond donors (Lipinski definition) is 3. The third-order valence-corrected chi connectivity index (χ3v) is 6.11. The Kier molecular flexibility index (Phi) is 8.62. The van der Waals surface area contributed by atoms with Crippen molar-refractivity contribution >= 4 is 44.9 Å². The number of halogens is 2. The first-order valence-electron chi connectivity index (χ1n) is 11.3. The van der Waals surface area contributed by atoms with Gasteiger partial charge in [0.15, 0.2) is 11.8 Å². The number of carbonyl (C=O) groups is 1. The van der Waals surface area contributed by atoms with Gasteiger partial charge in [-0.15, -0.1) is 0 Å². The molecule has 3 N–H and O–H groups in total. The zero-order chi connectivity index (χ0) is 26.6. The number of benzene rings is 1. The molecule has 1 aromatic carbocycles. The molecule has 0 spiro atoms. The third-order valence-electron chi connectivity index (χ3n) is 5.30. The predicted octanol–water partition coefficient (Wildman–Crippen LogP) is 3.38. The molecule has 196 valence electrons. The zero-order valence-corrected chi connectivity index (χ0v) is 22.3. The number of anilines is 1. The van der Waals surface area contributed by atoms with Crippen LogP contribution in [0.1, 0.15) is 38.8 Å². The van der Waals surface area contributed by atoms with E-state index in [1.165, 1.54) is 19.2 Å². The summed E-state index contributed by atoms with van der Waals surface area (Å²) in [5.74, 6) is -0.571. The van der Waals surface area contributed by atoms with Crippen LogP contribution in [0.25, 0.3) is 17.0 Å². The SMILES string of the molecule is COC(=O)C[C@@H](C)CNC1=NCC=C(c2cn(C(C)C)nc2-c2cc(Cl)cc(NS(C)(=O)=O)c2F)N1. The normalized spacial score (nSPS) is 14.6. The van der Waals surface area contributed by atoms with Gasteiger partial charge in [-0.05, 0) is 38.0 Å². The number of rotatable bonds is 9. The topological polar surface area (TPSA) is 127 Å². The van der Waals surface area contributed by atoms with Crippen LogP contribution in [0.4, 0.5) is 10.1 Å². The Labute approximate surface area is 215 Å². The highest BCUT2D eigenvalue weighted by molar-refractivity contribution is 7.92. The number of nitrogens with zero attached hydrogens (tertiary/aromatic N) is 3. The number of esters is 1. The summed E-state index contributed by atoms with van der Waals surface area (Å²) in [6.07, 6.45) is 4.82. The summed E-state index contributed by atoms with van der Waals surface area (Å²) >= 11 is 6.22. The maximum Gasteiger partial charge on any atom is 0.305 e. The molecule has 3 rings (SSSR count). The maximum absolute atomic E-state index is 15.5. The van der Waals surface area contributed by atoms with Crippen molar-refractivity contribution in [3.05, 3.63) is 40.8 Å². The molecule has 0 aliphatic carbocycles. The second kappa shape index (κ2) is 11.3. The molecule has 13 heteroatoms. The minimum absolute atomic E-state index is 0.0110. The average Bonchev–Trinajstić information content (AvgIpc) is 3.25. The second-order valence-electron chi connectivity index (χ2n) is 8.85. The highest BCUT2D eigenvalue weighted by atomic mass is 35.5. The van der Waals surface area contributed by atoms with Crippen LogP contribution in [0.2, 0.25) is 5.02 Å². The van der Waals surface area contributed by atoms with Crippen LogP contribution in [-0.4, -0.2) is 56.6 Å². The lowest BCUT2D eigenvalue weighted by Gasteiger charge is -2.20. The fourth-order valence-corrected chi connectivity index (χ4v) is 4.29. The molecule has 1 aromatic heterocycles. The zero-order valence-electron chi connectivity index (χ0n) is 20.7. The maximum atomic E-state index is 15.5. The molecule has 0 amide bonds. The third kappa shape index (κ3) is 6.97. The monoisotopic (exact) mass is 540 g/mol. The standard InChI is InChI=1S/C23H30ClFN6O4S/c1-13(2)31-12-17(18-6-7-26-23(28-18)27-11-14(3)8-20(32)35-4)22(29-31)16-9-15(24)10-19(21(16)25)30-36(5,33)34/h6,9-10,12-14,30H,7-8,11H2,1-5H3,(H2,26,27,28)/t14-/m1/s1. The van der Waals surface area contributed by atoms with Crippen LogP contribution >= 0.6 is 11.6 Å². The lowest BCUT2D eigenvalue weighted by molar-refractivity contribution is -0.141. The number of aromatic nitrogens is 2. The van der Waals surface area contributed by atoms with E-state index in [1.807, 2.05) is 26.8 Å². The molecule has 0 radical (unpaired) electrons. The van der Waals surface area contributed by atoms with Gasteiger partial charge in [0.05, 0.1) is 25.6 Å². The van der Waals surface area contributed by atoms with Gasteiger partial charge < -0.3 is 15.4 Å². The smallest absolute Gasteiger partial charge is 0.305 e. The molecule has 1 aliphatic heterocycles. The predicted molar refractivity (Wildman–Crippen MR) is 139 cm³/mol. The minimum Gasteiger partial charge on any atom is -0.469 e. The van der Waals surface area contributed by atoms with Crippen molar-refractivity contribution in [2.45, 2.75) is 33.2 Å². The van der Waals surface area contributed by atoms with Crippen molar-refractivity contribution in [2.24, 2.45) is 10.9 Å². The molecule has 0 bridgehead atoms. The van der Waals surface area contributed by atoms with Crippen molar-refractivity contribution in [1.82, 2.24) is 20.4 Å². The average molecular weight is 541 g/mol. The van der Waals surface area contributed by atoms with Gasteiger partial charge in [-0.25, -0.2) is 17.8 Å². The Bertz CT molecular complexity index is 1310. The second-order valence-corrected chi connectivity index (χ2v) is 11.0. The van der Waals surface area contributed by atoms with E-state index in [2.05, 4.69) is 25.4 Å². The molecule has 1 atom stereocenters. The molecular weight excluding hydrogens is 511 g/mol. The van der Waals surface area contributed by atoms with E-state index in [0.717, 1.165) is 6.26 Å². The lowest BCUT2D eigenvalue weighted by Crippen LogP contribution is -2.40. The van der Waals surface area contributed by atoms with Gasteiger partial charge in [0, 0.05) is 47.1 Å². The van der Waals surface area contributed by atoms with Gasteiger partial charge in [0.1, 0.15) is 5.69 Å². The molecule has 2 heterocycles. The van der Waals surface area contributed by atoms with Gasteiger partial charge >= 0.3 is 5.97 Å². The molecule has 10 nitrogen and oxygen atoms in total. The van der Waals surface area contributed by atoms with E-state index < -0.39 is 15.8 Å². The largest absolute Gasteiger partial charge is 0.469 e. The van der Waals surface area contributed by atoms with E-state index in [4.69, 9.17) is 16.3 Å². The molecule has 2 aromatic rings. The number of carbonyl (C=O) groups excluding carboxylic acids is 1. The van der Waals surface area contributed by atoms with E-state index in [0.29, 0.717) is 36.0 Å². The van der Waals surface area contributed by atoms with Crippen LogP contribution in [-0.2, 0) is 19.6 Å². The molecular formula is C23H30ClFN6O4S. The number of sulfonamides is 1.